The molecular formula is C22H30N2O4S. The van der Waals surface area contributed by atoms with E-state index >= 15 is 0 Å². The summed E-state index contributed by atoms with van der Waals surface area (Å²) in [5.41, 5.74) is 1.18. The van der Waals surface area contributed by atoms with Crippen LogP contribution in [0.2, 0.25) is 0 Å². The van der Waals surface area contributed by atoms with Crippen LogP contribution >= 0.6 is 11.3 Å². The van der Waals surface area contributed by atoms with Crippen LogP contribution in [0.1, 0.15) is 59.1 Å². The minimum Gasteiger partial charge on any atom is -0.466 e. The van der Waals surface area contributed by atoms with Gasteiger partial charge in [-0.2, -0.15) is 0 Å². The van der Waals surface area contributed by atoms with E-state index in [4.69, 9.17) is 4.74 Å². The van der Waals surface area contributed by atoms with Gasteiger partial charge in [-0.1, -0.05) is 0 Å². The maximum Gasteiger partial charge on any atom is 0.309 e. The van der Waals surface area contributed by atoms with Crippen LogP contribution in [0, 0.1) is 11.8 Å². The first-order valence-corrected chi connectivity index (χ1v) is 11.7. The summed E-state index contributed by atoms with van der Waals surface area (Å²) in [5.74, 6) is 0.150. The van der Waals surface area contributed by atoms with E-state index in [0.29, 0.717) is 32.5 Å². The van der Waals surface area contributed by atoms with Gasteiger partial charge in [-0.05, 0) is 63.5 Å². The number of hydrogen-bond donors (Lipinski definition) is 0. The Hall–Kier alpha value is -1.89. The van der Waals surface area contributed by atoms with Gasteiger partial charge in [0, 0.05) is 37.0 Å². The number of esters is 1. The quantitative estimate of drug-likeness (QED) is 0.705. The van der Waals surface area contributed by atoms with Crippen LogP contribution < -0.4 is 0 Å². The van der Waals surface area contributed by atoms with Gasteiger partial charge >= 0.3 is 5.97 Å². The maximum absolute atomic E-state index is 13.1. The molecule has 1 aliphatic carbocycles. The largest absolute Gasteiger partial charge is 0.466 e. The van der Waals surface area contributed by atoms with E-state index in [1.165, 1.54) is 10.4 Å². The van der Waals surface area contributed by atoms with Crippen LogP contribution in [0.5, 0.6) is 0 Å². The number of likely N-dealkylation sites (tertiary alicyclic amines) is 2. The molecule has 1 atom stereocenters. The molecule has 2 amide bonds. The topological polar surface area (TPSA) is 66.9 Å². The highest BCUT2D eigenvalue weighted by Gasteiger charge is 2.34. The Labute approximate surface area is 176 Å². The van der Waals surface area contributed by atoms with Gasteiger partial charge in [-0.15, -0.1) is 11.3 Å². The minimum atomic E-state index is -0.129. The first kappa shape index (κ1) is 20.4. The van der Waals surface area contributed by atoms with Crippen LogP contribution in [-0.4, -0.2) is 60.4 Å². The molecule has 6 nitrogen and oxygen atoms in total. The van der Waals surface area contributed by atoms with Crippen LogP contribution in [0.3, 0.4) is 0 Å². The molecule has 29 heavy (non-hydrogen) atoms. The number of nitrogens with zero attached hydrogens (tertiary/aromatic N) is 2. The molecule has 158 valence electrons. The van der Waals surface area contributed by atoms with Gasteiger partial charge in [0.25, 0.3) is 5.91 Å². The minimum absolute atomic E-state index is 0.00835. The molecular weight excluding hydrogens is 388 g/mol. The summed E-state index contributed by atoms with van der Waals surface area (Å²) in [7, 11) is 0. The third kappa shape index (κ3) is 4.34. The van der Waals surface area contributed by atoms with Gasteiger partial charge in [0.05, 0.1) is 17.4 Å². The molecule has 1 aromatic rings. The van der Waals surface area contributed by atoms with Crippen molar-refractivity contribution in [3.63, 3.8) is 0 Å². The van der Waals surface area contributed by atoms with Crippen molar-refractivity contribution in [2.75, 3.05) is 32.8 Å². The van der Waals surface area contributed by atoms with Crippen molar-refractivity contribution in [1.29, 1.82) is 0 Å². The van der Waals surface area contributed by atoms with Gasteiger partial charge < -0.3 is 14.5 Å². The molecule has 2 aliphatic heterocycles. The molecule has 0 bridgehead atoms. The fourth-order valence-electron chi connectivity index (χ4n) is 4.77. The second kappa shape index (κ2) is 8.86. The zero-order valence-electron chi connectivity index (χ0n) is 17.2. The van der Waals surface area contributed by atoms with Gasteiger partial charge in [0.2, 0.25) is 5.91 Å². The second-order valence-corrected chi connectivity index (χ2v) is 9.49. The van der Waals surface area contributed by atoms with E-state index in [0.717, 1.165) is 50.1 Å². The second-order valence-electron chi connectivity index (χ2n) is 8.35. The number of thiophene rings is 1. The van der Waals surface area contributed by atoms with Gasteiger partial charge in [0.15, 0.2) is 0 Å². The predicted molar refractivity (Wildman–Crippen MR) is 111 cm³/mol. The highest BCUT2D eigenvalue weighted by Crippen LogP contribution is 2.34. The van der Waals surface area contributed by atoms with Crippen molar-refractivity contribution in [3.8, 4) is 0 Å². The van der Waals surface area contributed by atoms with Crippen molar-refractivity contribution in [3.05, 3.63) is 21.4 Å². The Morgan fingerprint density at radius 1 is 1.03 bits per heavy atom. The molecule has 3 heterocycles. The Kier molecular flexibility index (Phi) is 6.23. The highest BCUT2D eigenvalue weighted by molar-refractivity contribution is 7.14. The summed E-state index contributed by atoms with van der Waals surface area (Å²) in [6.45, 7) is 5.23. The summed E-state index contributed by atoms with van der Waals surface area (Å²) in [5, 5.41) is 0. The number of piperidine rings is 1. The number of hydrogen-bond acceptors (Lipinski definition) is 5. The highest BCUT2D eigenvalue weighted by atomic mass is 32.1. The average molecular weight is 419 g/mol. The summed E-state index contributed by atoms with van der Waals surface area (Å²) in [6.07, 6.45) is 6.03. The molecule has 2 fully saturated rings. The standard InChI is InChI=1S/C22H30N2O4S/c1-2-28-22(27)15-7-11-24(12-8-15)20(25)16-5-6-18-17(13-16)14-19(29-18)21(26)23-9-3-4-10-23/h14-16H,2-13H2,1H3/t16-/m0/s1. The van der Waals surface area contributed by atoms with Crippen molar-refractivity contribution in [2.45, 2.75) is 51.9 Å². The summed E-state index contributed by atoms with van der Waals surface area (Å²) in [6, 6.07) is 2.03. The predicted octanol–water partition coefficient (Wildman–Crippen LogP) is 2.89. The molecule has 0 N–H and O–H groups in total. The van der Waals surface area contributed by atoms with Crippen LogP contribution in [-0.2, 0) is 27.2 Å². The fourth-order valence-corrected chi connectivity index (χ4v) is 5.95. The molecule has 0 aromatic carbocycles. The molecule has 0 unspecified atom stereocenters. The molecule has 0 spiro atoms. The monoisotopic (exact) mass is 418 g/mol. The van der Waals surface area contributed by atoms with Gasteiger partial charge in [-0.3, -0.25) is 14.4 Å². The zero-order valence-corrected chi connectivity index (χ0v) is 18.0. The fraction of sp³-hybridized carbons (Fsp3) is 0.682. The SMILES string of the molecule is CCOC(=O)C1CCN(C(=O)[C@H]2CCc3sc(C(=O)N4CCCC4)cc3C2)CC1. The number of aryl methyl sites for hydroxylation is 1. The molecule has 4 rings (SSSR count). The van der Waals surface area contributed by atoms with Crippen molar-refractivity contribution in [1.82, 2.24) is 9.80 Å². The van der Waals surface area contributed by atoms with Crippen LogP contribution in [0.4, 0.5) is 0 Å². The van der Waals surface area contributed by atoms with E-state index < -0.39 is 0 Å². The van der Waals surface area contributed by atoms with Gasteiger partial charge in [-0.25, -0.2) is 0 Å². The Bertz CT molecular complexity index is 776. The molecule has 1 aromatic heterocycles. The van der Waals surface area contributed by atoms with Crippen molar-refractivity contribution < 1.29 is 19.1 Å². The lowest BCUT2D eigenvalue weighted by Crippen LogP contribution is -2.44. The Morgan fingerprint density at radius 3 is 2.45 bits per heavy atom. The third-order valence-corrected chi connectivity index (χ3v) is 7.69. The Balaban J connectivity index is 1.34. The van der Waals surface area contributed by atoms with E-state index in [1.54, 1.807) is 11.3 Å². The van der Waals surface area contributed by atoms with E-state index in [1.807, 2.05) is 22.8 Å². The van der Waals surface area contributed by atoms with E-state index in [-0.39, 0.29) is 29.6 Å². The number of ether oxygens (including phenoxy) is 1. The number of carbonyl (C=O) groups excluding carboxylic acids is 3. The van der Waals surface area contributed by atoms with Crippen LogP contribution in [0.15, 0.2) is 6.07 Å². The van der Waals surface area contributed by atoms with E-state index in [2.05, 4.69) is 0 Å². The molecule has 0 radical (unpaired) electrons. The molecule has 2 saturated heterocycles. The van der Waals surface area contributed by atoms with E-state index in [9.17, 15) is 14.4 Å². The molecule has 7 heteroatoms. The lowest BCUT2D eigenvalue weighted by Gasteiger charge is -2.34. The lowest BCUT2D eigenvalue weighted by atomic mass is 9.86. The Morgan fingerprint density at radius 2 is 1.76 bits per heavy atom. The first-order chi connectivity index (χ1) is 14.1. The smallest absolute Gasteiger partial charge is 0.309 e. The van der Waals surface area contributed by atoms with Crippen LogP contribution in [0.25, 0.3) is 0 Å². The summed E-state index contributed by atoms with van der Waals surface area (Å²) >= 11 is 1.62. The van der Waals surface area contributed by atoms with Gasteiger partial charge in [0.1, 0.15) is 0 Å². The number of fused-ring (bicyclic) bond motifs is 1. The molecule has 3 aliphatic rings. The summed E-state index contributed by atoms with van der Waals surface area (Å²) < 4.78 is 5.12. The lowest BCUT2D eigenvalue weighted by molar-refractivity contribution is -0.151. The third-order valence-electron chi connectivity index (χ3n) is 6.46. The maximum atomic E-state index is 13.1. The number of amides is 2. The number of carbonyl (C=O) groups is 3. The summed E-state index contributed by atoms with van der Waals surface area (Å²) in [4.78, 5) is 43.6. The molecule has 0 saturated carbocycles. The average Bonchev–Trinajstić information content (AvgIpc) is 3.42. The first-order valence-electron chi connectivity index (χ1n) is 10.9. The normalized spacial score (nSPS) is 22.4. The zero-order chi connectivity index (χ0) is 20.4. The number of rotatable bonds is 4. The van der Waals surface area contributed by atoms with Crippen molar-refractivity contribution in [2.24, 2.45) is 11.8 Å². The van der Waals surface area contributed by atoms with Crippen molar-refractivity contribution >= 4 is 29.1 Å².